The van der Waals surface area contributed by atoms with E-state index in [-0.39, 0.29) is 6.04 Å². The Balaban J connectivity index is 2.92. The summed E-state index contributed by atoms with van der Waals surface area (Å²) in [5, 5.41) is 0. The van der Waals surface area contributed by atoms with Crippen LogP contribution in [0.25, 0.3) is 0 Å². The molecule has 1 unspecified atom stereocenters. The molecule has 20 heavy (non-hydrogen) atoms. The van der Waals surface area contributed by atoms with E-state index in [1.807, 2.05) is 32.9 Å². The second kappa shape index (κ2) is 8.89. The second-order valence-corrected chi connectivity index (χ2v) is 5.40. The standard InChI is InChI=1S/C16H22BrNO2/c1-4-6-7-8-20-16-14(17)10-13(9-12(3)18)11-15(16)19-5-2/h10-12H,5,7-9,18H2,1-3H3. The lowest BCUT2D eigenvalue weighted by atomic mass is 10.1. The van der Waals surface area contributed by atoms with Gasteiger partial charge in [-0.3, -0.25) is 0 Å². The van der Waals surface area contributed by atoms with Gasteiger partial charge in [0.25, 0.3) is 0 Å². The topological polar surface area (TPSA) is 44.5 Å². The quantitative estimate of drug-likeness (QED) is 0.610. The lowest BCUT2D eigenvalue weighted by Gasteiger charge is -2.15. The van der Waals surface area contributed by atoms with Gasteiger partial charge in [0.05, 0.1) is 17.7 Å². The average molecular weight is 340 g/mol. The van der Waals surface area contributed by atoms with Crippen molar-refractivity contribution in [1.29, 1.82) is 0 Å². The number of halogens is 1. The molecule has 0 saturated heterocycles. The van der Waals surface area contributed by atoms with Gasteiger partial charge in [-0.15, -0.1) is 11.8 Å². The van der Waals surface area contributed by atoms with Crippen LogP contribution in [0, 0.1) is 11.8 Å². The molecule has 1 aromatic rings. The van der Waals surface area contributed by atoms with Crippen molar-refractivity contribution in [3.05, 3.63) is 22.2 Å². The average Bonchev–Trinajstić information content (AvgIpc) is 2.36. The van der Waals surface area contributed by atoms with Crippen LogP contribution in [0.5, 0.6) is 11.5 Å². The maximum Gasteiger partial charge on any atom is 0.175 e. The zero-order valence-electron chi connectivity index (χ0n) is 12.3. The van der Waals surface area contributed by atoms with Crippen LogP contribution in [-0.4, -0.2) is 19.3 Å². The fourth-order valence-electron chi connectivity index (χ4n) is 1.84. The van der Waals surface area contributed by atoms with Crippen LogP contribution in [0.1, 0.15) is 32.8 Å². The van der Waals surface area contributed by atoms with Crippen LogP contribution in [0.15, 0.2) is 16.6 Å². The van der Waals surface area contributed by atoms with Gasteiger partial charge in [0.2, 0.25) is 0 Å². The SMILES string of the molecule is CC#CCCOc1c(Br)cc(CC(C)N)cc1OCC. The highest BCUT2D eigenvalue weighted by atomic mass is 79.9. The molecule has 0 heterocycles. The summed E-state index contributed by atoms with van der Waals surface area (Å²) in [6.45, 7) is 6.91. The maximum atomic E-state index is 5.85. The van der Waals surface area contributed by atoms with E-state index in [0.717, 1.165) is 28.0 Å². The van der Waals surface area contributed by atoms with Gasteiger partial charge in [-0.2, -0.15) is 0 Å². The van der Waals surface area contributed by atoms with Crippen molar-refractivity contribution in [1.82, 2.24) is 0 Å². The van der Waals surface area contributed by atoms with Gasteiger partial charge in [0.1, 0.15) is 0 Å². The monoisotopic (exact) mass is 339 g/mol. The molecule has 0 aromatic heterocycles. The largest absolute Gasteiger partial charge is 0.490 e. The van der Waals surface area contributed by atoms with Crippen molar-refractivity contribution in [2.45, 2.75) is 39.7 Å². The normalized spacial score (nSPS) is 11.4. The number of rotatable bonds is 7. The minimum Gasteiger partial charge on any atom is -0.490 e. The molecule has 1 aromatic carbocycles. The van der Waals surface area contributed by atoms with Crippen molar-refractivity contribution in [3.8, 4) is 23.3 Å². The summed E-state index contributed by atoms with van der Waals surface area (Å²) >= 11 is 3.55. The number of benzene rings is 1. The molecule has 4 heteroatoms. The highest BCUT2D eigenvalue weighted by Crippen LogP contribution is 2.37. The molecule has 0 radical (unpaired) electrons. The first-order chi connectivity index (χ1) is 9.58. The van der Waals surface area contributed by atoms with E-state index in [9.17, 15) is 0 Å². The zero-order valence-corrected chi connectivity index (χ0v) is 13.9. The first-order valence-electron chi connectivity index (χ1n) is 6.81. The van der Waals surface area contributed by atoms with Gasteiger partial charge in [-0.25, -0.2) is 0 Å². The molecular formula is C16H22BrNO2. The lowest BCUT2D eigenvalue weighted by Crippen LogP contribution is -2.17. The molecule has 3 nitrogen and oxygen atoms in total. The van der Waals surface area contributed by atoms with E-state index in [4.69, 9.17) is 15.2 Å². The fourth-order valence-corrected chi connectivity index (χ4v) is 2.45. The number of hydrogen-bond donors (Lipinski definition) is 1. The Morgan fingerprint density at radius 2 is 2.10 bits per heavy atom. The Labute approximate surface area is 130 Å². The van der Waals surface area contributed by atoms with Crippen LogP contribution in [-0.2, 0) is 6.42 Å². The van der Waals surface area contributed by atoms with Crippen molar-refractivity contribution in [2.24, 2.45) is 5.73 Å². The summed E-state index contributed by atoms with van der Waals surface area (Å²) in [6, 6.07) is 4.15. The van der Waals surface area contributed by atoms with Crippen molar-refractivity contribution in [2.75, 3.05) is 13.2 Å². The molecule has 0 saturated carbocycles. The van der Waals surface area contributed by atoms with Crippen LogP contribution in [0.3, 0.4) is 0 Å². The molecule has 1 atom stereocenters. The molecule has 1 rings (SSSR count). The minimum absolute atomic E-state index is 0.114. The second-order valence-electron chi connectivity index (χ2n) is 4.54. The van der Waals surface area contributed by atoms with Gasteiger partial charge in [-0.1, -0.05) is 0 Å². The third-order valence-electron chi connectivity index (χ3n) is 2.58. The lowest BCUT2D eigenvalue weighted by molar-refractivity contribution is 0.280. The third-order valence-corrected chi connectivity index (χ3v) is 3.17. The van der Waals surface area contributed by atoms with E-state index >= 15 is 0 Å². The molecule has 0 fully saturated rings. The third kappa shape index (κ3) is 5.44. The Morgan fingerprint density at radius 3 is 2.70 bits per heavy atom. The van der Waals surface area contributed by atoms with Crippen LogP contribution >= 0.6 is 15.9 Å². The van der Waals surface area contributed by atoms with E-state index in [2.05, 4.69) is 27.8 Å². The predicted molar refractivity (Wildman–Crippen MR) is 86.2 cm³/mol. The summed E-state index contributed by atoms with van der Waals surface area (Å²) < 4.78 is 12.3. The van der Waals surface area contributed by atoms with Gasteiger partial charge in [0, 0.05) is 12.5 Å². The van der Waals surface area contributed by atoms with Gasteiger partial charge in [0.15, 0.2) is 11.5 Å². The number of ether oxygens (including phenoxy) is 2. The highest BCUT2D eigenvalue weighted by molar-refractivity contribution is 9.10. The molecule has 0 spiro atoms. The summed E-state index contributed by atoms with van der Waals surface area (Å²) in [6.07, 6.45) is 1.51. The molecule has 0 bridgehead atoms. The van der Waals surface area contributed by atoms with Gasteiger partial charge < -0.3 is 15.2 Å². The minimum atomic E-state index is 0.114. The van der Waals surface area contributed by atoms with Crippen molar-refractivity contribution in [3.63, 3.8) is 0 Å². The Hall–Kier alpha value is -1.18. The molecular weight excluding hydrogens is 318 g/mol. The first-order valence-corrected chi connectivity index (χ1v) is 7.61. The fraction of sp³-hybridized carbons (Fsp3) is 0.500. The highest BCUT2D eigenvalue weighted by Gasteiger charge is 2.12. The van der Waals surface area contributed by atoms with E-state index < -0.39 is 0 Å². The molecule has 0 aliphatic carbocycles. The summed E-state index contributed by atoms with van der Waals surface area (Å²) in [7, 11) is 0. The Kier molecular flexibility index (Phi) is 7.50. The van der Waals surface area contributed by atoms with E-state index in [0.29, 0.717) is 19.6 Å². The predicted octanol–water partition coefficient (Wildman–Crippen LogP) is 3.53. The first kappa shape index (κ1) is 16.9. The molecule has 0 amide bonds. The van der Waals surface area contributed by atoms with Crippen molar-refractivity contribution >= 4 is 15.9 Å². The van der Waals surface area contributed by atoms with Crippen molar-refractivity contribution < 1.29 is 9.47 Å². The zero-order chi connectivity index (χ0) is 15.0. The number of hydrogen-bond acceptors (Lipinski definition) is 3. The Morgan fingerprint density at radius 1 is 1.35 bits per heavy atom. The summed E-state index contributed by atoms with van der Waals surface area (Å²) in [5.41, 5.74) is 6.98. The van der Waals surface area contributed by atoms with Crippen LogP contribution < -0.4 is 15.2 Å². The van der Waals surface area contributed by atoms with E-state index in [1.54, 1.807) is 0 Å². The summed E-state index contributed by atoms with van der Waals surface area (Å²) in [5.74, 6) is 7.32. The molecule has 110 valence electrons. The maximum absolute atomic E-state index is 5.85. The number of nitrogens with two attached hydrogens (primary N) is 1. The van der Waals surface area contributed by atoms with E-state index in [1.165, 1.54) is 0 Å². The van der Waals surface area contributed by atoms with Crippen LogP contribution in [0.4, 0.5) is 0 Å². The van der Waals surface area contributed by atoms with Gasteiger partial charge >= 0.3 is 0 Å². The molecule has 0 aliphatic heterocycles. The summed E-state index contributed by atoms with van der Waals surface area (Å²) in [4.78, 5) is 0. The molecule has 2 N–H and O–H groups in total. The van der Waals surface area contributed by atoms with Gasteiger partial charge in [-0.05, 0) is 60.8 Å². The Bertz CT molecular complexity index is 489. The van der Waals surface area contributed by atoms with Crippen LogP contribution in [0.2, 0.25) is 0 Å². The molecule has 0 aliphatic rings. The smallest absolute Gasteiger partial charge is 0.175 e.